The molecule has 2 aromatic heterocycles. The van der Waals surface area contributed by atoms with Gasteiger partial charge in [0.2, 0.25) is 0 Å². The van der Waals surface area contributed by atoms with Gasteiger partial charge in [-0.25, -0.2) is 4.98 Å². The zero-order valence-electron chi connectivity index (χ0n) is 15.3. The van der Waals surface area contributed by atoms with Crippen molar-refractivity contribution in [1.29, 1.82) is 0 Å². The molecule has 0 bridgehead atoms. The van der Waals surface area contributed by atoms with E-state index in [0.29, 0.717) is 16.7 Å². The Bertz CT molecular complexity index is 1160. The summed E-state index contributed by atoms with van der Waals surface area (Å²) in [6.07, 6.45) is 0. The van der Waals surface area contributed by atoms with E-state index in [0.717, 1.165) is 16.7 Å². The highest BCUT2D eigenvalue weighted by molar-refractivity contribution is 7.99. The number of aromatic nitrogens is 5. The standard InChI is InChI=1S/C20H19N5OS/c1-12-8-10-15(11-9-12)25-14(3)23-24-20(25)27-13(2)18-21-17-7-5-4-6-16(17)19(26)22-18/h4-11,13H,1-3H3,(H,21,22,26)/t13-/m1/s1. The molecule has 2 aromatic carbocycles. The fourth-order valence-corrected chi connectivity index (χ4v) is 3.89. The minimum absolute atomic E-state index is 0.0879. The third kappa shape index (κ3) is 3.38. The molecule has 4 rings (SSSR count). The van der Waals surface area contributed by atoms with Crippen LogP contribution in [-0.2, 0) is 0 Å². The molecule has 1 N–H and O–H groups in total. The molecule has 4 aromatic rings. The molecule has 0 spiro atoms. The number of thioether (sulfide) groups is 1. The Labute approximate surface area is 160 Å². The first-order valence-corrected chi connectivity index (χ1v) is 9.55. The number of para-hydroxylation sites is 1. The quantitative estimate of drug-likeness (QED) is 0.545. The lowest BCUT2D eigenvalue weighted by atomic mass is 10.2. The zero-order valence-corrected chi connectivity index (χ0v) is 16.1. The summed E-state index contributed by atoms with van der Waals surface area (Å²) in [5.74, 6) is 1.44. The zero-order chi connectivity index (χ0) is 19.0. The van der Waals surface area contributed by atoms with Gasteiger partial charge < -0.3 is 4.98 Å². The molecule has 0 amide bonds. The molecule has 7 heteroatoms. The number of benzene rings is 2. The van der Waals surface area contributed by atoms with E-state index in [9.17, 15) is 4.79 Å². The normalized spacial score (nSPS) is 12.4. The van der Waals surface area contributed by atoms with Crippen LogP contribution in [-0.4, -0.2) is 24.7 Å². The summed E-state index contributed by atoms with van der Waals surface area (Å²) in [5, 5.41) is 9.82. The average molecular weight is 377 g/mol. The van der Waals surface area contributed by atoms with E-state index in [1.807, 2.05) is 36.6 Å². The van der Waals surface area contributed by atoms with Gasteiger partial charge in [0, 0.05) is 5.69 Å². The van der Waals surface area contributed by atoms with Crippen LogP contribution in [0.25, 0.3) is 16.6 Å². The minimum atomic E-state index is -0.126. The molecule has 0 aliphatic carbocycles. The molecule has 0 fully saturated rings. The Morgan fingerprint density at radius 1 is 1.04 bits per heavy atom. The van der Waals surface area contributed by atoms with Gasteiger partial charge in [-0.05, 0) is 45.0 Å². The molecule has 0 saturated heterocycles. The molecular weight excluding hydrogens is 358 g/mol. The summed E-state index contributed by atoms with van der Waals surface area (Å²) in [6, 6.07) is 15.6. The van der Waals surface area contributed by atoms with Crippen LogP contribution in [0.5, 0.6) is 0 Å². The van der Waals surface area contributed by atoms with Gasteiger partial charge in [0.15, 0.2) is 5.16 Å². The highest BCUT2D eigenvalue weighted by Gasteiger charge is 2.18. The first-order valence-electron chi connectivity index (χ1n) is 8.67. The molecule has 6 nitrogen and oxygen atoms in total. The Balaban J connectivity index is 1.69. The van der Waals surface area contributed by atoms with E-state index >= 15 is 0 Å². The maximum absolute atomic E-state index is 12.3. The number of H-pyrrole nitrogens is 1. The SMILES string of the molecule is Cc1ccc(-n2c(C)nnc2S[C@H](C)c2nc3ccccc3c(=O)[nH]2)cc1. The molecule has 0 aliphatic rings. The third-order valence-electron chi connectivity index (χ3n) is 4.39. The minimum Gasteiger partial charge on any atom is -0.309 e. The molecule has 0 saturated carbocycles. The Kier molecular flexibility index (Phi) is 4.53. The van der Waals surface area contributed by atoms with Crippen LogP contribution in [0.15, 0.2) is 58.5 Å². The van der Waals surface area contributed by atoms with E-state index < -0.39 is 0 Å². The number of fused-ring (bicyclic) bond motifs is 1. The number of rotatable bonds is 4. The maximum atomic E-state index is 12.3. The van der Waals surface area contributed by atoms with Crippen molar-refractivity contribution in [2.45, 2.75) is 31.2 Å². The summed E-state index contributed by atoms with van der Waals surface area (Å²) < 4.78 is 2.01. The van der Waals surface area contributed by atoms with Crippen molar-refractivity contribution < 1.29 is 0 Å². The van der Waals surface area contributed by atoms with Crippen molar-refractivity contribution in [3.63, 3.8) is 0 Å². The van der Waals surface area contributed by atoms with Crippen LogP contribution < -0.4 is 5.56 Å². The van der Waals surface area contributed by atoms with E-state index in [2.05, 4.69) is 51.4 Å². The summed E-state index contributed by atoms with van der Waals surface area (Å²) >= 11 is 1.52. The van der Waals surface area contributed by atoms with Crippen molar-refractivity contribution in [3.8, 4) is 5.69 Å². The van der Waals surface area contributed by atoms with E-state index in [1.165, 1.54) is 17.3 Å². The lowest BCUT2D eigenvalue weighted by Crippen LogP contribution is -2.13. The molecule has 0 aliphatic heterocycles. The molecule has 1 atom stereocenters. The molecule has 0 radical (unpaired) electrons. The predicted molar refractivity (Wildman–Crippen MR) is 107 cm³/mol. The average Bonchev–Trinajstić information content (AvgIpc) is 3.02. The van der Waals surface area contributed by atoms with Crippen molar-refractivity contribution in [1.82, 2.24) is 24.7 Å². The predicted octanol–water partition coefficient (Wildman–Crippen LogP) is 3.97. The number of hydrogen-bond acceptors (Lipinski definition) is 5. The van der Waals surface area contributed by atoms with Crippen LogP contribution in [0, 0.1) is 13.8 Å². The topological polar surface area (TPSA) is 76.5 Å². The Morgan fingerprint density at radius 3 is 2.56 bits per heavy atom. The summed E-state index contributed by atoms with van der Waals surface area (Å²) in [6.45, 7) is 5.99. The molecule has 27 heavy (non-hydrogen) atoms. The number of nitrogens with one attached hydrogen (secondary N) is 1. The van der Waals surface area contributed by atoms with Crippen LogP contribution in [0.3, 0.4) is 0 Å². The number of hydrogen-bond donors (Lipinski definition) is 1. The van der Waals surface area contributed by atoms with Gasteiger partial charge in [-0.15, -0.1) is 10.2 Å². The van der Waals surface area contributed by atoms with Crippen molar-refractivity contribution in [2.24, 2.45) is 0 Å². The van der Waals surface area contributed by atoms with Crippen molar-refractivity contribution in [2.75, 3.05) is 0 Å². The molecule has 0 unspecified atom stereocenters. The van der Waals surface area contributed by atoms with E-state index in [4.69, 9.17) is 0 Å². The van der Waals surface area contributed by atoms with Gasteiger partial charge in [-0.3, -0.25) is 9.36 Å². The van der Waals surface area contributed by atoms with Crippen molar-refractivity contribution in [3.05, 3.63) is 76.1 Å². The van der Waals surface area contributed by atoms with Gasteiger partial charge in [0.05, 0.1) is 16.2 Å². The van der Waals surface area contributed by atoms with Gasteiger partial charge in [-0.1, -0.05) is 41.6 Å². The molecule has 2 heterocycles. The van der Waals surface area contributed by atoms with Gasteiger partial charge in [0.25, 0.3) is 5.56 Å². The lowest BCUT2D eigenvalue weighted by molar-refractivity contribution is 0.850. The highest BCUT2D eigenvalue weighted by Crippen LogP contribution is 2.33. The van der Waals surface area contributed by atoms with Crippen LogP contribution in [0.1, 0.15) is 29.4 Å². The van der Waals surface area contributed by atoms with Gasteiger partial charge in [0.1, 0.15) is 11.6 Å². The van der Waals surface area contributed by atoms with Crippen LogP contribution >= 0.6 is 11.8 Å². The van der Waals surface area contributed by atoms with E-state index in [-0.39, 0.29) is 10.8 Å². The fourth-order valence-electron chi connectivity index (χ4n) is 2.92. The Hall–Kier alpha value is -2.93. The maximum Gasteiger partial charge on any atom is 0.258 e. The second kappa shape index (κ2) is 7.00. The largest absolute Gasteiger partial charge is 0.309 e. The lowest BCUT2D eigenvalue weighted by Gasteiger charge is -2.13. The smallest absolute Gasteiger partial charge is 0.258 e. The highest BCUT2D eigenvalue weighted by atomic mass is 32.2. The molecular formula is C20H19N5OS. The monoisotopic (exact) mass is 377 g/mol. The fraction of sp³-hybridized carbons (Fsp3) is 0.200. The van der Waals surface area contributed by atoms with E-state index in [1.54, 1.807) is 6.07 Å². The van der Waals surface area contributed by atoms with Gasteiger partial charge in [-0.2, -0.15) is 0 Å². The Morgan fingerprint density at radius 2 is 1.78 bits per heavy atom. The first-order chi connectivity index (χ1) is 13.0. The molecule has 136 valence electrons. The number of aromatic amines is 1. The second-order valence-corrected chi connectivity index (χ2v) is 7.74. The first kappa shape index (κ1) is 17.5. The third-order valence-corrected chi connectivity index (χ3v) is 5.44. The summed E-state index contributed by atoms with van der Waals surface area (Å²) in [7, 11) is 0. The van der Waals surface area contributed by atoms with Crippen molar-refractivity contribution >= 4 is 22.7 Å². The number of aryl methyl sites for hydroxylation is 2. The second-order valence-electron chi connectivity index (χ2n) is 6.43. The summed E-state index contributed by atoms with van der Waals surface area (Å²) in [5.41, 5.74) is 2.78. The summed E-state index contributed by atoms with van der Waals surface area (Å²) in [4.78, 5) is 19.9. The van der Waals surface area contributed by atoms with Crippen LogP contribution in [0.2, 0.25) is 0 Å². The van der Waals surface area contributed by atoms with Gasteiger partial charge >= 0.3 is 0 Å². The number of nitrogens with zero attached hydrogens (tertiary/aromatic N) is 4. The van der Waals surface area contributed by atoms with Crippen LogP contribution in [0.4, 0.5) is 0 Å².